The van der Waals surface area contributed by atoms with E-state index in [1.807, 2.05) is 13.0 Å². The second kappa shape index (κ2) is 5.35. The molecular formula is C13H18N2O3. The number of nitrogens with one attached hydrogen (secondary N) is 1. The van der Waals surface area contributed by atoms with Crippen molar-refractivity contribution in [2.45, 2.75) is 44.8 Å². The van der Waals surface area contributed by atoms with Gasteiger partial charge in [-0.15, -0.1) is 0 Å². The zero-order valence-electron chi connectivity index (χ0n) is 10.4. The highest BCUT2D eigenvalue weighted by molar-refractivity contribution is 5.66. The van der Waals surface area contributed by atoms with Crippen LogP contribution < -0.4 is 5.32 Å². The number of aliphatic hydroxyl groups is 1. The first-order chi connectivity index (χ1) is 8.58. The van der Waals surface area contributed by atoms with E-state index in [9.17, 15) is 15.2 Å². The zero-order valence-corrected chi connectivity index (χ0v) is 10.4. The first kappa shape index (κ1) is 12.8. The Morgan fingerprint density at radius 1 is 1.33 bits per heavy atom. The number of aryl methyl sites for hydroxylation is 1. The second-order valence-electron chi connectivity index (χ2n) is 4.88. The maximum atomic E-state index is 11.0. The summed E-state index contributed by atoms with van der Waals surface area (Å²) in [4.78, 5) is 10.6. The van der Waals surface area contributed by atoms with E-state index in [0.29, 0.717) is 5.69 Å². The highest BCUT2D eigenvalue weighted by Crippen LogP contribution is 2.31. The van der Waals surface area contributed by atoms with E-state index in [1.54, 1.807) is 6.07 Å². The zero-order chi connectivity index (χ0) is 13.1. The number of rotatable bonds is 3. The van der Waals surface area contributed by atoms with Crippen LogP contribution >= 0.6 is 0 Å². The molecule has 5 heteroatoms. The fourth-order valence-electron chi connectivity index (χ4n) is 2.42. The van der Waals surface area contributed by atoms with Crippen LogP contribution in [0.1, 0.15) is 31.2 Å². The van der Waals surface area contributed by atoms with Gasteiger partial charge in [0.25, 0.3) is 5.69 Å². The van der Waals surface area contributed by atoms with Crippen molar-refractivity contribution in [2.75, 3.05) is 5.32 Å². The quantitative estimate of drug-likeness (QED) is 0.638. The molecule has 0 bridgehead atoms. The van der Waals surface area contributed by atoms with Crippen molar-refractivity contribution in [3.05, 3.63) is 33.9 Å². The van der Waals surface area contributed by atoms with Crippen molar-refractivity contribution >= 4 is 11.4 Å². The van der Waals surface area contributed by atoms with Crippen molar-refractivity contribution in [2.24, 2.45) is 0 Å². The van der Waals surface area contributed by atoms with Gasteiger partial charge in [0.1, 0.15) is 5.69 Å². The van der Waals surface area contributed by atoms with Crippen LogP contribution in [0, 0.1) is 17.0 Å². The number of benzene rings is 1. The summed E-state index contributed by atoms with van der Waals surface area (Å²) in [6, 6.07) is 5.30. The topological polar surface area (TPSA) is 75.4 Å². The van der Waals surface area contributed by atoms with Gasteiger partial charge in [-0.05, 0) is 38.2 Å². The molecule has 1 fully saturated rings. The average molecular weight is 250 g/mol. The van der Waals surface area contributed by atoms with Gasteiger partial charge in [-0.1, -0.05) is 12.1 Å². The van der Waals surface area contributed by atoms with E-state index in [1.165, 1.54) is 6.07 Å². The molecule has 2 rings (SSSR count). The molecule has 0 aliphatic heterocycles. The first-order valence-corrected chi connectivity index (χ1v) is 6.26. The smallest absolute Gasteiger partial charge is 0.292 e. The minimum Gasteiger partial charge on any atom is -0.393 e. The lowest BCUT2D eigenvalue weighted by Gasteiger charge is -2.27. The number of hydrogen-bond acceptors (Lipinski definition) is 4. The minimum atomic E-state index is -0.354. The summed E-state index contributed by atoms with van der Waals surface area (Å²) < 4.78 is 0. The Kier molecular flexibility index (Phi) is 3.81. The SMILES string of the molecule is Cc1cccc([N+](=O)[O-])c1NC1CCC(O)CC1. The monoisotopic (exact) mass is 250 g/mol. The number of aliphatic hydroxyl groups excluding tert-OH is 1. The number of nitrogens with zero attached hydrogens (tertiary/aromatic N) is 1. The summed E-state index contributed by atoms with van der Waals surface area (Å²) in [5.41, 5.74) is 1.63. The molecule has 0 saturated heterocycles. The van der Waals surface area contributed by atoms with E-state index in [4.69, 9.17) is 0 Å². The van der Waals surface area contributed by atoms with Crippen LogP contribution in [0.5, 0.6) is 0 Å². The maximum absolute atomic E-state index is 11.0. The van der Waals surface area contributed by atoms with Crippen LogP contribution in [0.25, 0.3) is 0 Å². The predicted octanol–water partition coefficient (Wildman–Crippen LogP) is 2.62. The molecule has 1 aromatic carbocycles. The van der Waals surface area contributed by atoms with Gasteiger partial charge in [-0.2, -0.15) is 0 Å². The van der Waals surface area contributed by atoms with E-state index in [-0.39, 0.29) is 22.8 Å². The molecule has 1 aliphatic rings. The Bertz CT molecular complexity index is 440. The molecule has 1 aromatic rings. The van der Waals surface area contributed by atoms with Crippen molar-refractivity contribution in [1.29, 1.82) is 0 Å². The number of nitro groups is 1. The van der Waals surface area contributed by atoms with Crippen LogP contribution in [0.2, 0.25) is 0 Å². The van der Waals surface area contributed by atoms with E-state index < -0.39 is 0 Å². The number of para-hydroxylation sites is 1. The summed E-state index contributed by atoms with van der Waals surface area (Å²) in [5.74, 6) is 0. The lowest BCUT2D eigenvalue weighted by atomic mass is 9.92. The number of anilines is 1. The fraction of sp³-hybridized carbons (Fsp3) is 0.538. The normalized spacial score (nSPS) is 23.7. The minimum absolute atomic E-state index is 0.126. The molecule has 1 aliphatic carbocycles. The molecule has 0 aromatic heterocycles. The molecular weight excluding hydrogens is 232 g/mol. The standard InChI is InChI=1S/C13H18N2O3/c1-9-3-2-4-12(15(17)18)13(9)14-10-5-7-11(16)8-6-10/h2-4,10-11,14,16H,5-8H2,1H3. The average Bonchev–Trinajstić information content (AvgIpc) is 2.34. The summed E-state index contributed by atoms with van der Waals surface area (Å²) in [7, 11) is 0. The van der Waals surface area contributed by atoms with Gasteiger partial charge in [0.05, 0.1) is 11.0 Å². The van der Waals surface area contributed by atoms with Crippen LogP contribution in [0.4, 0.5) is 11.4 Å². The van der Waals surface area contributed by atoms with Crippen LogP contribution in [0.3, 0.4) is 0 Å². The highest BCUT2D eigenvalue weighted by atomic mass is 16.6. The summed E-state index contributed by atoms with van der Waals surface area (Å²) in [6.45, 7) is 1.87. The van der Waals surface area contributed by atoms with Crippen molar-refractivity contribution in [1.82, 2.24) is 0 Å². The van der Waals surface area contributed by atoms with Crippen molar-refractivity contribution in [3.8, 4) is 0 Å². The lowest BCUT2D eigenvalue weighted by Crippen LogP contribution is -2.28. The van der Waals surface area contributed by atoms with E-state index in [2.05, 4.69) is 5.32 Å². The summed E-state index contributed by atoms with van der Waals surface area (Å²) in [6.07, 6.45) is 3.02. The van der Waals surface area contributed by atoms with Crippen molar-refractivity contribution < 1.29 is 10.0 Å². The molecule has 0 heterocycles. The first-order valence-electron chi connectivity index (χ1n) is 6.26. The van der Waals surface area contributed by atoms with Gasteiger partial charge in [-0.3, -0.25) is 10.1 Å². The van der Waals surface area contributed by atoms with Gasteiger partial charge in [-0.25, -0.2) is 0 Å². The molecule has 18 heavy (non-hydrogen) atoms. The maximum Gasteiger partial charge on any atom is 0.292 e. The molecule has 98 valence electrons. The van der Waals surface area contributed by atoms with E-state index >= 15 is 0 Å². The van der Waals surface area contributed by atoms with Crippen LogP contribution in [-0.4, -0.2) is 22.2 Å². The van der Waals surface area contributed by atoms with Crippen LogP contribution in [0.15, 0.2) is 18.2 Å². The number of hydrogen-bond donors (Lipinski definition) is 2. The molecule has 1 saturated carbocycles. The Morgan fingerprint density at radius 2 is 2.00 bits per heavy atom. The summed E-state index contributed by atoms with van der Waals surface area (Å²) >= 11 is 0. The van der Waals surface area contributed by atoms with Crippen LogP contribution in [-0.2, 0) is 0 Å². The molecule has 0 radical (unpaired) electrons. The molecule has 0 spiro atoms. The Hall–Kier alpha value is -1.62. The van der Waals surface area contributed by atoms with E-state index in [0.717, 1.165) is 31.2 Å². The molecule has 5 nitrogen and oxygen atoms in total. The third kappa shape index (κ3) is 2.79. The van der Waals surface area contributed by atoms with Crippen molar-refractivity contribution in [3.63, 3.8) is 0 Å². The third-order valence-corrected chi connectivity index (χ3v) is 3.49. The summed E-state index contributed by atoms with van der Waals surface area (Å²) in [5, 5.41) is 23.7. The number of nitro benzene ring substituents is 1. The molecule has 0 unspecified atom stereocenters. The lowest BCUT2D eigenvalue weighted by molar-refractivity contribution is -0.384. The van der Waals surface area contributed by atoms with Gasteiger partial charge >= 0.3 is 0 Å². The predicted molar refractivity (Wildman–Crippen MR) is 69.7 cm³/mol. The second-order valence-corrected chi connectivity index (χ2v) is 4.88. The molecule has 0 amide bonds. The highest BCUT2D eigenvalue weighted by Gasteiger charge is 2.23. The van der Waals surface area contributed by atoms with Gasteiger partial charge in [0.2, 0.25) is 0 Å². The fourth-order valence-corrected chi connectivity index (χ4v) is 2.42. The Labute approximate surface area is 106 Å². The van der Waals surface area contributed by atoms with Gasteiger partial charge in [0, 0.05) is 12.1 Å². The third-order valence-electron chi connectivity index (χ3n) is 3.49. The van der Waals surface area contributed by atoms with Gasteiger partial charge < -0.3 is 10.4 Å². The molecule has 0 atom stereocenters. The van der Waals surface area contributed by atoms with Gasteiger partial charge in [0.15, 0.2) is 0 Å². The Morgan fingerprint density at radius 3 is 2.61 bits per heavy atom. The largest absolute Gasteiger partial charge is 0.393 e. The molecule has 2 N–H and O–H groups in total. The Balaban J connectivity index is 2.15.